The summed E-state index contributed by atoms with van der Waals surface area (Å²) < 4.78 is 15.8. The topological polar surface area (TPSA) is 74.4 Å². The molecule has 3 aromatic rings. The molecule has 0 fully saturated rings. The second kappa shape index (κ2) is 4.77. The Labute approximate surface area is 115 Å². The van der Waals surface area contributed by atoms with E-state index in [0.717, 1.165) is 16.9 Å². The van der Waals surface area contributed by atoms with Crippen molar-refractivity contribution in [3.63, 3.8) is 0 Å². The van der Waals surface area contributed by atoms with Crippen LogP contribution >= 0.6 is 0 Å². The van der Waals surface area contributed by atoms with Crippen LogP contribution in [0.3, 0.4) is 0 Å². The van der Waals surface area contributed by atoms with Crippen LogP contribution in [0, 0.1) is 6.92 Å². The molecule has 0 aliphatic heterocycles. The van der Waals surface area contributed by atoms with Gasteiger partial charge in [-0.25, -0.2) is 0 Å². The lowest BCUT2D eigenvalue weighted by molar-refractivity contribution is 0.415. The van der Waals surface area contributed by atoms with Gasteiger partial charge in [0.15, 0.2) is 11.5 Å². The Morgan fingerprint density at radius 3 is 2.80 bits per heavy atom. The summed E-state index contributed by atoms with van der Waals surface area (Å²) in [5.74, 6) is 1.65. The predicted molar refractivity (Wildman–Crippen MR) is 75.3 cm³/mol. The molecule has 5 heteroatoms. The second-order valence-electron chi connectivity index (χ2n) is 4.44. The highest BCUT2D eigenvalue weighted by molar-refractivity contribution is 5.86. The number of rotatable bonds is 3. The summed E-state index contributed by atoms with van der Waals surface area (Å²) >= 11 is 0. The number of ether oxygens (including phenoxy) is 1. The number of anilines is 1. The molecule has 0 saturated heterocycles. The minimum atomic E-state index is 0.254. The van der Waals surface area contributed by atoms with Crippen molar-refractivity contribution in [3.8, 4) is 28.3 Å². The molecule has 0 radical (unpaired) electrons. The van der Waals surface area contributed by atoms with Crippen LogP contribution in [0.4, 0.5) is 5.88 Å². The molecule has 102 valence electrons. The van der Waals surface area contributed by atoms with Crippen molar-refractivity contribution in [2.45, 2.75) is 6.92 Å². The summed E-state index contributed by atoms with van der Waals surface area (Å²) in [6.45, 7) is 1.94. The van der Waals surface area contributed by atoms with Crippen LogP contribution in [-0.4, -0.2) is 12.3 Å². The average Bonchev–Trinajstić information content (AvgIpc) is 3.04. The van der Waals surface area contributed by atoms with E-state index in [2.05, 4.69) is 5.16 Å². The Hall–Kier alpha value is -2.69. The first kappa shape index (κ1) is 12.3. The standard InChI is InChI=1S/C15H14N2O3/c1-9-6-7-19-14(9)13-12(15(16)20-17-13)10-4-3-5-11(8-10)18-2/h3-8H,16H2,1-2H3. The minimum Gasteiger partial charge on any atom is -0.497 e. The van der Waals surface area contributed by atoms with Crippen LogP contribution in [0.2, 0.25) is 0 Å². The molecule has 0 bridgehead atoms. The first-order valence-corrected chi connectivity index (χ1v) is 6.14. The fourth-order valence-corrected chi connectivity index (χ4v) is 2.13. The number of furan rings is 1. The van der Waals surface area contributed by atoms with Crippen LogP contribution in [0.1, 0.15) is 5.56 Å². The van der Waals surface area contributed by atoms with Gasteiger partial charge in [-0.15, -0.1) is 0 Å². The van der Waals surface area contributed by atoms with Gasteiger partial charge in [-0.3, -0.25) is 0 Å². The van der Waals surface area contributed by atoms with E-state index >= 15 is 0 Å². The van der Waals surface area contributed by atoms with Crippen LogP contribution in [0.25, 0.3) is 22.6 Å². The summed E-state index contributed by atoms with van der Waals surface area (Å²) in [5, 5.41) is 4.02. The van der Waals surface area contributed by atoms with Crippen LogP contribution in [0.15, 0.2) is 45.5 Å². The van der Waals surface area contributed by atoms with E-state index in [4.69, 9.17) is 19.4 Å². The molecular weight excluding hydrogens is 256 g/mol. The first-order valence-electron chi connectivity index (χ1n) is 6.14. The highest BCUT2D eigenvalue weighted by atomic mass is 16.5. The Balaban J connectivity index is 2.19. The van der Waals surface area contributed by atoms with Gasteiger partial charge in [-0.05, 0) is 36.2 Å². The zero-order valence-electron chi connectivity index (χ0n) is 11.2. The summed E-state index contributed by atoms with van der Waals surface area (Å²) in [6.07, 6.45) is 1.62. The van der Waals surface area contributed by atoms with E-state index in [1.807, 2.05) is 37.3 Å². The number of methoxy groups -OCH3 is 1. The average molecular weight is 270 g/mol. The zero-order chi connectivity index (χ0) is 14.1. The lowest BCUT2D eigenvalue weighted by atomic mass is 10.0. The van der Waals surface area contributed by atoms with Crippen molar-refractivity contribution in [2.24, 2.45) is 0 Å². The van der Waals surface area contributed by atoms with Crippen molar-refractivity contribution in [2.75, 3.05) is 12.8 Å². The molecule has 0 aliphatic rings. The zero-order valence-corrected chi connectivity index (χ0v) is 11.2. The highest BCUT2D eigenvalue weighted by Crippen LogP contribution is 2.38. The quantitative estimate of drug-likeness (QED) is 0.788. The summed E-state index contributed by atoms with van der Waals surface area (Å²) in [5.41, 5.74) is 9.06. The highest BCUT2D eigenvalue weighted by Gasteiger charge is 2.21. The lowest BCUT2D eigenvalue weighted by Gasteiger charge is -2.04. The molecule has 3 rings (SSSR count). The maximum Gasteiger partial charge on any atom is 0.230 e. The first-order chi connectivity index (χ1) is 9.70. The van der Waals surface area contributed by atoms with Crippen molar-refractivity contribution in [3.05, 3.63) is 42.2 Å². The van der Waals surface area contributed by atoms with Crippen LogP contribution in [-0.2, 0) is 0 Å². The van der Waals surface area contributed by atoms with E-state index in [1.165, 1.54) is 0 Å². The Morgan fingerprint density at radius 1 is 1.25 bits per heavy atom. The van der Waals surface area contributed by atoms with Gasteiger partial charge >= 0.3 is 0 Å². The molecule has 0 saturated carbocycles. The van der Waals surface area contributed by atoms with E-state index in [1.54, 1.807) is 13.4 Å². The SMILES string of the molecule is COc1cccc(-c2c(-c3occc3C)noc2N)c1. The molecule has 0 spiro atoms. The van der Waals surface area contributed by atoms with Gasteiger partial charge in [0.05, 0.1) is 18.9 Å². The third-order valence-electron chi connectivity index (χ3n) is 3.15. The van der Waals surface area contributed by atoms with Gasteiger partial charge in [-0.1, -0.05) is 17.3 Å². The second-order valence-corrected chi connectivity index (χ2v) is 4.44. The van der Waals surface area contributed by atoms with Crippen molar-refractivity contribution in [1.82, 2.24) is 5.16 Å². The number of nitrogen functional groups attached to an aromatic ring is 1. The molecule has 2 aromatic heterocycles. The number of benzene rings is 1. The third kappa shape index (κ3) is 1.93. The van der Waals surface area contributed by atoms with Gasteiger partial charge in [0.25, 0.3) is 0 Å². The Morgan fingerprint density at radius 2 is 2.10 bits per heavy atom. The molecule has 0 aliphatic carbocycles. The normalized spacial score (nSPS) is 10.7. The fourth-order valence-electron chi connectivity index (χ4n) is 2.13. The van der Waals surface area contributed by atoms with Crippen molar-refractivity contribution < 1.29 is 13.7 Å². The largest absolute Gasteiger partial charge is 0.497 e. The number of aryl methyl sites for hydroxylation is 1. The molecule has 2 N–H and O–H groups in total. The maximum atomic E-state index is 5.91. The van der Waals surface area contributed by atoms with E-state index in [9.17, 15) is 0 Å². The summed E-state index contributed by atoms with van der Waals surface area (Å²) in [7, 11) is 1.62. The smallest absolute Gasteiger partial charge is 0.230 e. The monoisotopic (exact) mass is 270 g/mol. The van der Waals surface area contributed by atoms with Crippen molar-refractivity contribution >= 4 is 5.88 Å². The summed E-state index contributed by atoms with van der Waals surface area (Å²) in [4.78, 5) is 0. The minimum absolute atomic E-state index is 0.254. The number of hydrogen-bond donors (Lipinski definition) is 1. The van der Waals surface area contributed by atoms with Crippen LogP contribution < -0.4 is 10.5 Å². The molecule has 0 amide bonds. The number of aromatic nitrogens is 1. The molecule has 20 heavy (non-hydrogen) atoms. The number of hydrogen-bond acceptors (Lipinski definition) is 5. The maximum absolute atomic E-state index is 5.91. The van der Waals surface area contributed by atoms with Crippen LogP contribution in [0.5, 0.6) is 5.75 Å². The van der Waals surface area contributed by atoms with Gasteiger partial charge in [0.1, 0.15) is 5.75 Å². The van der Waals surface area contributed by atoms with E-state index < -0.39 is 0 Å². The van der Waals surface area contributed by atoms with E-state index in [-0.39, 0.29) is 5.88 Å². The predicted octanol–water partition coefficient (Wildman–Crippen LogP) is 3.50. The number of nitrogens with zero attached hydrogens (tertiary/aromatic N) is 1. The van der Waals surface area contributed by atoms with Gasteiger partial charge in [-0.2, -0.15) is 0 Å². The molecule has 0 atom stereocenters. The fraction of sp³-hybridized carbons (Fsp3) is 0.133. The molecule has 1 aromatic carbocycles. The molecule has 0 unspecified atom stereocenters. The number of nitrogens with two attached hydrogens (primary N) is 1. The Kier molecular flexibility index (Phi) is 2.95. The summed E-state index contributed by atoms with van der Waals surface area (Å²) in [6, 6.07) is 9.43. The molecule has 5 nitrogen and oxygen atoms in total. The third-order valence-corrected chi connectivity index (χ3v) is 3.15. The van der Waals surface area contributed by atoms with Gasteiger partial charge in [0, 0.05) is 0 Å². The Bertz CT molecular complexity index is 743. The van der Waals surface area contributed by atoms with Gasteiger partial charge in [0.2, 0.25) is 5.88 Å². The van der Waals surface area contributed by atoms with Gasteiger partial charge < -0.3 is 19.4 Å². The van der Waals surface area contributed by atoms with Crippen molar-refractivity contribution in [1.29, 1.82) is 0 Å². The molecular formula is C15H14N2O3. The molecule has 2 heterocycles. The lowest BCUT2D eigenvalue weighted by Crippen LogP contribution is -1.89. The van der Waals surface area contributed by atoms with E-state index in [0.29, 0.717) is 17.0 Å².